The van der Waals surface area contributed by atoms with Crippen molar-refractivity contribution in [3.8, 4) is 21.8 Å². The van der Waals surface area contributed by atoms with Crippen molar-refractivity contribution in [2.45, 2.75) is 24.7 Å². The predicted octanol–water partition coefficient (Wildman–Crippen LogP) is 2.32. The lowest BCUT2D eigenvalue weighted by molar-refractivity contribution is 0.00446. The average molecular weight is 478 g/mol. The summed E-state index contributed by atoms with van der Waals surface area (Å²) >= 11 is 1.46. The van der Waals surface area contributed by atoms with Crippen LogP contribution in [0.4, 0.5) is 17.5 Å². The van der Waals surface area contributed by atoms with E-state index in [0.29, 0.717) is 34.4 Å². The van der Waals surface area contributed by atoms with Crippen LogP contribution in [0.25, 0.3) is 21.8 Å². The Morgan fingerprint density at radius 2 is 1.79 bits per heavy atom. The van der Waals surface area contributed by atoms with Crippen molar-refractivity contribution >= 4 is 28.8 Å². The number of hydrogen-bond acceptors (Lipinski definition) is 11. The van der Waals surface area contributed by atoms with Crippen molar-refractivity contribution in [2.24, 2.45) is 5.92 Å². The highest BCUT2D eigenvalue weighted by Crippen LogP contribution is 2.35. The molecule has 174 valence electrons. The van der Waals surface area contributed by atoms with Crippen molar-refractivity contribution < 1.29 is 15.3 Å². The average Bonchev–Trinajstić information content (AvgIpc) is 3.46. The van der Waals surface area contributed by atoms with Crippen molar-refractivity contribution in [2.75, 3.05) is 17.2 Å². The fraction of sp³-hybridized carbons (Fsp3) is 0.261. The maximum atomic E-state index is 10.5. The fourth-order valence-electron chi connectivity index (χ4n) is 3.96. The Kier molecular flexibility index (Phi) is 6.41. The second kappa shape index (κ2) is 9.77. The predicted molar refractivity (Wildman–Crippen MR) is 129 cm³/mol. The molecule has 0 bridgehead atoms. The second-order valence-electron chi connectivity index (χ2n) is 8.02. The number of aliphatic hydroxyl groups is 3. The molecule has 1 saturated carbocycles. The van der Waals surface area contributed by atoms with Crippen LogP contribution in [0.3, 0.4) is 0 Å². The molecule has 3 heterocycles. The van der Waals surface area contributed by atoms with Crippen molar-refractivity contribution in [1.29, 1.82) is 0 Å². The van der Waals surface area contributed by atoms with E-state index >= 15 is 0 Å². The molecule has 1 aromatic carbocycles. The summed E-state index contributed by atoms with van der Waals surface area (Å²) in [5.41, 5.74) is 3.13. The number of hydrogen-bond donors (Lipinski definition) is 5. The van der Waals surface area contributed by atoms with Crippen LogP contribution in [-0.4, -0.2) is 65.1 Å². The van der Waals surface area contributed by atoms with Crippen molar-refractivity contribution in [1.82, 2.24) is 24.9 Å². The van der Waals surface area contributed by atoms with E-state index in [1.54, 1.807) is 18.6 Å². The van der Waals surface area contributed by atoms with Gasteiger partial charge in [-0.3, -0.25) is 0 Å². The molecule has 11 heteroatoms. The quantitative estimate of drug-likeness (QED) is 0.268. The van der Waals surface area contributed by atoms with Gasteiger partial charge in [-0.05, 0) is 6.42 Å². The van der Waals surface area contributed by atoms with Gasteiger partial charge in [0.2, 0.25) is 5.95 Å². The normalized spacial score (nSPS) is 22.0. The lowest BCUT2D eigenvalue weighted by atomic mass is 10.1. The molecule has 4 atom stereocenters. The van der Waals surface area contributed by atoms with E-state index in [1.807, 2.05) is 35.7 Å². The summed E-state index contributed by atoms with van der Waals surface area (Å²) in [5, 5.41) is 39.3. The third-order valence-electron chi connectivity index (χ3n) is 5.77. The van der Waals surface area contributed by atoms with Gasteiger partial charge in [-0.25, -0.2) is 19.9 Å². The van der Waals surface area contributed by atoms with Crippen LogP contribution in [0, 0.1) is 5.92 Å². The fourth-order valence-corrected chi connectivity index (χ4v) is 4.80. The Morgan fingerprint density at radius 3 is 2.53 bits per heavy atom. The van der Waals surface area contributed by atoms with Crippen LogP contribution >= 0.6 is 11.3 Å². The molecular weight excluding hydrogens is 454 g/mol. The minimum atomic E-state index is -1.05. The van der Waals surface area contributed by atoms with Gasteiger partial charge in [-0.15, -0.1) is 11.3 Å². The van der Waals surface area contributed by atoms with E-state index in [4.69, 9.17) is 4.98 Å². The van der Waals surface area contributed by atoms with Crippen molar-refractivity contribution in [3.63, 3.8) is 0 Å². The lowest BCUT2D eigenvalue weighted by Crippen LogP contribution is -2.35. The van der Waals surface area contributed by atoms with Crippen LogP contribution in [0.2, 0.25) is 0 Å². The smallest absolute Gasteiger partial charge is 0.229 e. The summed E-state index contributed by atoms with van der Waals surface area (Å²) in [6.07, 6.45) is 4.63. The zero-order valence-electron chi connectivity index (χ0n) is 18.0. The molecule has 5 N–H and O–H groups in total. The maximum Gasteiger partial charge on any atom is 0.229 e. The molecule has 0 radical (unpaired) electrons. The zero-order valence-corrected chi connectivity index (χ0v) is 18.8. The van der Waals surface area contributed by atoms with Gasteiger partial charge in [-0.2, -0.15) is 4.98 Å². The first-order valence-corrected chi connectivity index (χ1v) is 11.6. The minimum absolute atomic E-state index is 0.208. The monoisotopic (exact) mass is 477 g/mol. The van der Waals surface area contributed by atoms with Gasteiger partial charge in [0.05, 0.1) is 41.5 Å². The number of benzene rings is 1. The highest BCUT2D eigenvalue weighted by atomic mass is 32.1. The van der Waals surface area contributed by atoms with Crippen LogP contribution < -0.4 is 10.6 Å². The zero-order chi connectivity index (χ0) is 23.5. The van der Waals surface area contributed by atoms with E-state index in [1.165, 1.54) is 17.7 Å². The van der Waals surface area contributed by atoms with E-state index in [-0.39, 0.29) is 6.61 Å². The second-order valence-corrected chi connectivity index (χ2v) is 8.88. The number of nitrogens with one attached hydrogen (secondary N) is 2. The molecule has 1 fully saturated rings. The van der Waals surface area contributed by atoms with E-state index in [2.05, 4.69) is 30.6 Å². The van der Waals surface area contributed by atoms with Gasteiger partial charge < -0.3 is 26.0 Å². The van der Waals surface area contributed by atoms with E-state index in [9.17, 15) is 15.3 Å². The van der Waals surface area contributed by atoms with Crippen LogP contribution in [0.5, 0.6) is 0 Å². The molecule has 0 amide bonds. The van der Waals surface area contributed by atoms with Gasteiger partial charge in [-0.1, -0.05) is 30.3 Å². The summed E-state index contributed by atoms with van der Waals surface area (Å²) in [5.74, 6) is 0.354. The van der Waals surface area contributed by atoms with Gasteiger partial charge in [0.25, 0.3) is 0 Å². The third-order valence-corrected chi connectivity index (χ3v) is 6.64. The minimum Gasteiger partial charge on any atom is -0.396 e. The van der Waals surface area contributed by atoms with Gasteiger partial charge in [0.1, 0.15) is 23.3 Å². The first-order chi connectivity index (χ1) is 16.6. The number of rotatable bonds is 7. The topological polar surface area (TPSA) is 149 Å². The molecular formula is C23H23N7O3S. The highest BCUT2D eigenvalue weighted by molar-refractivity contribution is 7.13. The van der Waals surface area contributed by atoms with Gasteiger partial charge in [0.15, 0.2) is 0 Å². The standard InChI is InChI=1S/C23H23N7O3S/c31-10-14-6-17(20(33)19(14)32)28-21-16(9-26-23(30-21)27-15-7-24-12-25-8-15)22-29-18(11-34-22)13-4-2-1-3-5-13/h1-5,7-9,11-12,14,17,19-20,31-33H,6,10H2,(H2,26,27,28,30). The largest absolute Gasteiger partial charge is 0.396 e. The Labute approximate surface area is 199 Å². The molecule has 4 aromatic rings. The Hall–Kier alpha value is -3.51. The first-order valence-electron chi connectivity index (χ1n) is 10.8. The molecule has 5 rings (SSSR count). The molecule has 0 aliphatic heterocycles. The van der Waals surface area contributed by atoms with Gasteiger partial charge >= 0.3 is 0 Å². The molecule has 3 aromatic heterocycles. The van der Waals surface area contributed by atoms with Crippen molar-refractivity contribution in [3.05, 3.63) is 60.6 Å². The third kappa shape index (κ3) is 4.59. The van der Waals surface area contributed by atoms with Crippen LogP contribution in [0.1, 0.15) is 6.42 Å². The molecule has 4 unspecified atom stereocenters. The highest BCUT2D eigenvalue weighted by Gasteiger charge is 2.41. The summed E-state index contributed by atoms with van der Waals surface area (Å²) in [4.78, 5) is 21.8. The number of anilines is 3. The molecule has 0 saturated heterocycles. The summed E-state index contributed by atoms with van der Waals surface area (Å²) in [6, 6.07) is 9.37. The molecule has 34 heavy (non-hydrogen) atoms. The van der Waals surface area contributed by atoms with E-state index < -0.39 is 24.2 Å². The molecule has 10 nitrogen and oxygen atoms in total. The van der Waals surface area contributed by atoms with Crippen LogP contribution in [0.15, 0.2) is 60.6 Å². The Balaban J connectivity index is 1.49. The Morgan fingerprint density at radius 1 is 1.00 bits per heavy atom. The lowest BCUT2D eigenvalue weighted by Gasteiger charge is -2.20. The number of aliphatic hydroxyl groups excluding tert-OH is 3. The number of thiazole rings is 1. The number of nitrogens with zero attached hydrogens (tertiary/aromatic N) is 5. The maximum absolute atomic E-state index is 10.5. The molecule has 1 aliphatic carbocycles. The summed E-state index contributed by atoms with van der Waals surface area (Å²) < 4.78 is 0. The summed E-state index contributed by atoms with van der Waals surface area (Å²) in [6.45, 7) is -0.208. The molecule has 1 aliphatic rings. The van der Waals surface area contributed by atoms with Crippen LogP contribution in [-0.2, 0) is 0 Å². The SMILES string of the molecule is OCC1CC(Nc2nc(Nc3cncnc3)ncc2-c2nc(-c3ccccc3)cs2)C(O)C1O. The molecule has 0 spiro atoms. The first kappa shape index (κ1) is 22.3. The number of aromatic nitrogens is 5. The summed E-state index contributed by atoms with van der Waals surface area (Å²) in [7, 11) is 0. The van der Waals surface area contributed by atoms with E-state index in [0.717, 1.165) is 11.3 Å². The Bertz CT molecular complexity index is 1240. The van der Waals surface area contributed by atoms with Gasteiger partial charge in [0, 0.05) is 29.7 Å².